The summed E-state index contributed by atoms with van der Waals surface area (Å²) >= 11 is 0. The fraction of sp³-hybridized carbons (Fsp3) is 0.733. The van der Waals surface area contributed by atoms with Crippen molar-refractivity contribution < 1.29 is 13.5 Å². The van der Waals surface area contributed by atoms with E-state index in [4.69, 9.17) is 0 Å². The Labute approximate surface area is 127 Å². The quantitative estimate of drug-likeness (QED) is 0.846. The van der Waals surface area contributed by atoms with E-state index in [2.05, 4.69) is 11.6 Å². The molecule has 2 N–H and O–H groups in total. The van der Waals surface area contributed by atoms with Crippen LogP contribution in [0.2, 0.25) is 0 Å². The predicted molar refractivity (Wildman–Crippen MR) is 82.4 cm³/mol. The first-order valence-corrected chi connectivity index (χ1v) is 9.28. The molecule has 1 heterocycles. The van der Waals surface area contributed by atoms with Crippen LogP contribution in [-0.2, 0) is 23.2 Å². The molecular weight excluding hydrogens is 288 g/mol. The number of aryl methyl sites for hydroxylation is 1. The molecule has 1 aromatic rings. The van der Waals surface area contributed by atoms with Crippen molar-refractivity contribution in [3.8, 4) is 0 Å². The number of rotatable bonds is 6. The summed E-state index contributed by atoms with van der Waals surface area (Å²) in [6.07, 6.45) is 6.77. The normalized spacial score (nSPS) is 23.4. The molecule has 0 amide bonds. The Bertz CT molecular complexity index is 565. The van der Waals surface area contributed by atoms with E-state index in [1.807, 2.05) is 11.5 Å². The van der Waals surface area contributed by atoms with Gasteiger partial charge in [-0.2, -0.15) is 0 Å². The highest BCUT2D eigenvalue weighted by molar-refractivity contribution is 7.89. The highest BCUT2D eigenvalue weighted by atomic mass is 32.2. The van der Waals surface area contributed by atoms with Gasteiger partial charge in [-0.25, -0.2) is 13.1 Å². The van der Waals surface area contributed by atoms with Gasteiger partial charge in [-0.05, 0) is 31.2 Å². The molecule has 2 unspecified atom stereocenters. The summed E-state index contributed by atoms with van der Waals surface area (Å²) in [6.45, 7) is 4.70. The number of sulfonamides is 1. The molecule has 0 radical (unpaired) electrons. The molecule has 21 heavy (non-hydrogen) atoms. The maximum absolute atomic E-state index is 12.5. The van der Waals surface area contributed by atoms with Crippen LogP contribution in [0.1, 0.15) is 51.6 Å². The summed E-state index contributed by atoms with van der Waals surface area (Å²) in [5.74, 6) is 0.378. The topological polar surface area (TPSA) is 71.3 Å². The fourth-order valence-electron chi connectivity index (χ4n) is 3.01. The van der Waals surface area contributed by atoms with Gasteiger partial charge in [0.1, 0.15) is 0 Å². The van der Waals surface area contributed by atoms with Crippen LogP contribution in [0.15, 0.2) is 17.2 Å². The third-order valence-electron chi connectivity index (χ3n) is 4.32. The fourth-order valence-corrected chi connectivity index (χ4v) is 4.45. The number of aliphatic hydroxyl groups is 1. The Balaban J connectivity index is 2.18. The SMILES string of the molecule is CCCn1cc(S(=O)(=O)NC2CCCCC2C)cc1CO. The molecule has 0 aromatic carbocycles. The average molecular weight is 314 g/mol. The van der Waals surface area contributed by atoms with Crippen LogP contribution in [0.4, 0.5) is 0 Å². The molecule has 1 saturated carbocycles. The van der Waals surface area contributed by atoms with Crippen LogP contribution in [0.25, 0.3) is 0 Å². The lowest BCUT2D eigenvalue weighted by Crippen LogP contribution is -2.40. The maximum atomic E-state index is 12.5. The molecule has 0 aliphatic heterocycles. The monoisotopic (exact) mass is 314 g/mol. The van der Waals surface area contributed by atoms with Crippen molar-refractivity contribution in [2.24, 2.45) is 5.92 Å². The molecule has 5 nitrogen and oxygen atoms in total. The van der Waals surface area contributed by atoms with E-state index in [1.54, 1.807) is 12.3 Å². The number of nitrogens with one attached hydrogen (secondary N) is 1. The second kappa shape index (κ2) is 6.94. The molecule has 1 aromatic heterocycles. The Morgan fingerprint density at radius 3 is 2.71 bits per heavy atom. The summed E-state index contributed by atoms with van der Waals surface area (Å²) in [5.41, 5.74) is 0.647. The van der Waals surface area contributed by atoms with Crippen molar-refractivity contribution in [2.75, 3.05) is 0 Å². The van der Waals surface area contributed by atoms with E-state index >= 15 is 0 Å². The molecule has 0 spiro atoms. The first kappa shape index (κ1) is 16.5. The van der Waals surface area contributed by atoms with Crippen molar-refractivity contribution in [2.45, 2.75) is 70.0 Å². The van der Waals surface area contributed by atoms with Crippen LogP contribution < -0.4 is 4.72 Å². The van der Waals surface area contributed by atoms with Gasteiger partial charge in [-0.15, -0.1) is 0 Å². The minimum absolute atomic E-state index is 0.0239. The van der Waals surface area contributed by atoms with E-state index in [9.17, 15) is 13.5 Å². The van der Waals surface area contributed by atoms with E-state index in [-0.39, 0.29) is 17.5 Å². The number of hydrogen-bond acceptors (Lipinski definition) is 3. The Morgan fingerprint density at radius 2 is 2.10 bits per heavy atom. The standard InChI is InChI=1S/C15H26N2O3S/c1-3-8-17-10-14(9-13(17)11-18)21(19,20)16-15-7-5-4-6-12(15)2/h9-10,12,15-16,18H,3-8,11H2,1-2H3. The minimum Gasteiger partial charge on any atom is -0.390 e. The number of nitrogens with zero attached hydrogens (tertiary/aromatic N) is 1. The lowest BCUT2D eigenvalue weighted by atomic mass is 9.87. The average Bonchev–Trinajstić information content (AvgIpc) is 2.86. The second-order valence-corrected chi connectivity index (χ2v) is 7.72. The van der Waals surface area contributed by atoms with Gasteiger partial charge in [-0.3, -0.25) is 0 Å². The van der Waals surface area contributed by atoms with E-state index in [0.717, 1.165) is 25.7 Å². The number of aromatic nitrogens is 1. The van der Waals surface area contributed by atoms with Crippen molar-refractivity contribution in [3.05, 3.63) is 18.0 Å². The maximum Gasteiger partial charge on any atom is 0.242 e. The molecule has 0 bridgehead atoms. The summed E-state index contributed by atoms with van der Waals surface area (Å²) in [4.78, 5) is 0.262. The lowest BCUT2D eigenvalue weighted by Gasteiger charge is -2.29. The van der Waals surface area contributed by atoms with E-state index < -0.39 is 10.0 Å². The second-order valence-electron chi connectivity index (χ2n) is 6.01. The summed E-state index contributed by atoms with van der Waals surface area (Å²) < 4.78 is 29.7. The molecular formula is C15H26N2O3S. The number of hydrogen-bond donors (Lipinski definition) is 2. The lowest BCUT2D eigenvalue weighted by molar-refractivity contribution is 0.270. The van der Waals surface area contributed by atoms with Gasteiger partial charge in [0, 0.05) is 24.5 Å². The Hall–Kier alpha value is -0.850. The summed E-state index contributed by atoms with van der Waals surface area (Å²) in [7, 11) is -3.50. The van der Waals surface area contributed by atoms with Crippen molar-refractivity contribution in [3.63, 3.8) is 0 Å². The van der Waals surface area contributed by atoms with Crippen LogP contribution in [0, 0.1) is 5.92 Å². The molecule has 0 saturated heterocycles. The molecule has 1 fully saturated rings. The predicted octanol–water partition coefficient (Wildman–Crippen LogP) is 2.25. The largest absolute Gasteiger partial charge is 0.390 e. The van der Waals surface area contributed by atoms with Gasteiger partial charge in [0.25, 0.3) is 0 Å². The van der Waals surface area contributed by atoms with Gasteiger partial charge < -0.3 is 9.67 Å². The van der Waals surface area contributed by atoms with Gasteiger partial charge in [0.15, 0.2) is 0 Å². The molecule has 2 atom stereocenters. The molecule has 2 rings (SSSR count). The molecule has 120 valence electrons. The van der Waals surface area contributed by atoms with E-state index in [1.165, 1.54) is 6.42 Å². The van der Waals surface area contributed by atoms with Crippen LogP contribution in [0.5, 0.6) is 0 Å². The van der Waals surface area contributed by atoms with Crippen molar-refractivity contribution in [1.29, 1.82) is 0 Å². The summed E-state index contributed by atoms with van der Waals surface area (Å²) in [6, 6.07) is 1.60. The van der Waals surface area contributed by atoms with Gasteiger partial charge in [0.2, 0.25) is 10.0 Å². The Kier molecular flexibility index (Phi) is 5.46. The van der Waals surface area contributed by atoms with Crippen LogP contribution in [0.3, 0.4) is 0 Å². The van der Waals surface area contributed by atoms with E-state index in [0.29, 0.717) is 18.2 Å². The zero-order chi connectivity index (χ0) is 15.5. The summed E-state index contributed by atoms with van der Waals surface area (Å²) in [5, 5.41) is 9.35. The third kappa shape index (κ3) is 3.87. The van der Waals surface area contributed by atoms with Gasteiger partial charge in [-0.1, -0.05) is 26.7 Å². The van der Waals surface area contributed by atoms with Crippen LogP contribution >= 0.6 is 0 Å². The Morgan fingerprint density at radius 1 is 1.38 bits per heavy atom. The highest BCUT2D eigenvalue weighted by Gasteiger charge is 2.27. The zero-order valence-electron chi connectivity index (χ0n) is 12.9. The zero-order valence-corrected chi connectivity index (χ0v) is 13.7. The highest BCUT2D eigenvalue weighted by Crippen LogP contribution is 2.25. The van der Waals surface area contributed by atoms with Gasteiger partial charge in [0.05, 0.1) is 11.5 Å². The first-order chi connectivity index (χ1) is 9.97. The number of aliphatic hydroxyl groups excluding tert-OH is 1. The molecule has 1 aliphatic rings. The van der Waals surface area contributed by atoms with Crippen molar-refractivity contribution in [1.82, 2.24) is 9.29 Å². The smallest absolute Gasteiger partial charge is 0.242 e. The molecule has 1 aliphatic carbocycles. The third-order valence-corrected chi connectivity index (χ3v) is 5.77. The first-order valence-electron chi connectivity index (χ1n) is 7.80. The van der Waals surface area contributed by atoms with Gasteiger partial charge >= 0.3 is 0 Å². The van der Waals surface area contributed by atoms with Crippen molar-refractivity contribution >= 4 is 10.0 Å². The molecule has 6 heteroatoms. The minimum atomic E-state index is -3.50. The van der Waals surface area contributed by atoms with Crippen LogP contribution in [-0.4, -0.2) is 24.1 Å².